The average Bonchev–Trinajstić information content (AvgIpc) is 2.01. The maximum Gasteiger partial charge on any atom is -0.0170 e. The van der Waals surface area contributed by atoms with Crippen LogP contribution in [-0.4, -0.2) is 0 Å². The maximum absolute atomic E-state index is 2.32. The smallest absolute Gasteiger partial charge is 0.0170 e. The summed E-state index contributed by atoms with van der Waals surface area (Å²) < 4.78 is 0. The van der Waals surface area contributed by atoms with Crippen LogP contribution in [0, 0.1) is 11.3 Å². The van der Waals surface area contributed by atoms with Crippen LogP contribution in [0.25, 0.3) is 0 Å². The van der Waals surface area contributed by atoms with E-state index in [0.29, 0.717) is 5.41 Å². The van der Waals surface area contributed by atoms with Crippen LogP contribution in [0.2, 0.25) is 0 Å². The van der Waals surface area contributed by atoms with Crippen LogP contribution in [-0.2, 0) is 0 Å². The lowest BCUT2D eigenvalue weighted by Crippen LogP contribution is -2.08. The fourth-order valence-corrected chi connectivity index (χ4v) is 1.85. The third-order valence-corrected chi connectivity index (χ3v) is 2.64. The van der Waals surface area contributed by atoms with E-state index in [0.717, 1.165) is 12.3 Å². The monoisotopic (exact) mass is 208 g/mol. The minimum atomic E-state index is 0.309. The lowest BCUT2D eigenvalue weighted by atomic mass is 9.84. The predicted octanol–water partition coefficient (Wildman–Crippen LogP) is 5.36. The van der Waals surface area contributed by atoms with E-state index in [2.05, 4.69) is 60.6 Å². The second kappa shape index (κ2) is 6.15. The summed E-state index contributed by atoms with van der Waals surface area (Å²) in [5.41, 5.74) is 3.33. The number of hydrogen-bond acceptors (Lipinski definition) is 0. The zero-order chi connectivity index (χ0) is 12.1. The molecule has 0 radical (unpaired) electrons. The summed E-state index contributed by atoms with van der Waals surface area (Å²) in [7, 11) is 0. The van der Waals surface area contributed by atoms with Crippen molar-refractivity contribution in [2.24, 2.45) is 11.3 Å². The highest BCUT2D eigenvalue weighted by molar-refractivity contribution is 5.20. The first-order valence-electron chi connectivity index (χ1n) is 6.14. The Morgan fingerprint density at radius 1 is 1.13 bits per heavy atom. The van der Waals surface area contributed by atoms with Crippen molar-refractivity contribution >= 4 is 0 Å². The van der Waals surface area contributed by atoms with Crippen LogP contribution in [0.5, 0.6) is 0 Å². The summed E-state index contributed by atoms with van der Waals surface area (Å²) in [6, 6.07) is 0. The Morgan fingerprint density at radius 2 is 1.67 bits per heavy atom. The largest absolute Gasteiger partial charge is 0.0731 e. The van der Waals surface area contributed by atoms with Gasteiger partial charge >= 0.3 is 0 Å². The summed E-state index contributed by atoms with van der Waals surface area (Å²) in [6.07, 6.45) is 6.97. The molecular formula is C15H28. The molecule has 0 heterocycles. The molecule has 0 saturated carbocycles. The van der Waals surface area contributed by atoms with E-state index in [1.54, 1.807) is 0 Å². The molecule has 88 valence electrons. The highest BCUT2D eigenvalue weighted by Crippen LogP contribution is 2.27. The van der Waals surface area contributed by atoms with Gasteiger partial charge in [-0.2, -0.15) is 0 Å². The summed E-state index contributed by atoms with van der Waals surface area (Å²) in [4.78, 5) is 0. The van der Waals surface area contributed by atoms with E-state index in [9.17, 15) is 0 Å². The van der Waals surface area contributed by atoms with E-state index in [4.69, 9.17) is 0 Å². The summed E-state index contributed by atoms with van der Waals surface area (Å²) in [5.74, 6) is 0.759. The van der Waals surface area contributed by atoms with Gasteiger partial charge in [0.15, 0.2) is 0 Å². The number of rotatable bonds is 4. The number of allylic oxidation sites excluding steroid dienone is 4. The van der Waals surface area contributed by atoms with Gasteiger partial charge in [-0.15, -0.1) is 0 Å². The molecule has 0 heteroatoms. The zero-order valence-electron chi connectivity index (χ0n) is 11.6. The van der Waals surface area contributed by atoms with Crippen molar-refractivity contribution in [1.29, 1.82) is 0 Å². The maximum atomic E-state index is 2.32. The third kappa shape index (κ3) is 6.54. The lowest BCUT2D eigenvalue weighted by Gasteiger charge is -2.21. The molecule has 0 aromatic rings. The Bertz CT molecular complexity index is 233. The van der Waals surface area contributed by atoms with Crippen molar-refractivity contribution in [2.45, 2.75) is 61.3 Å². The Kier molecular flexibility index (Phi) is 5.93. The molecule has 0 aliphatic heterocycles. The van der Waals surface area contributed by atoms with Gasteiger partial charge in [-0.1, -0.05) is 64.8 Å². The van der Waals surface area contributed by atoms with Gasteiger partial charge in [-0.05, 0) is 31.1 Å². The molecule has 0 aliphatic rings. The minimum Gasteiger partial charge on any atom is -0.0731 e. The first kappa shape index (κ1) is 14.5. The van der Waals surface area contributed by atoms with E-state index in [1.807, 2.05) is 0 Å². The molecule has 0 aliphatic carbocycles. The number of hydrogen-bond donors (Lipinski definition) is 0. The van der Waals surface area contributed by atoms with Crippen LogP contribution in [0.3, 0.4) is 0 Å². The fraction of sp³-hybridized carbons (Fsp3) is 0.733. The third-order valence-electron chi connectivity index (χ3n) is 2.64. The van der Waals surface area contributed by atoms with Crippen molar-refractivity contribution in [1.82, 2.24) is 0 Å². The predicted molar refractivity (Wildman–Crippen MR) is 71.0 cm³/mol. The summed E-state index contributed by atoms with van der Waals surface area (Å²) >= 11 is 0. The fourth-order valence-electron chi connectivity index (χ4n) is 1.85. The Morgan fingerprint density at radius 3 is 2.00 bits per heavy atom. The van der Waals surface area contributed by atoms with Gasteiger partial charge < -0.3 is 0 Å². The molecule has 0 amide bonds. The van der Waals surface area contributed by atoms with Crippen molar-refractivity contribution in [3.05, 3.63) is 23.3 Å². The van der Waals surface area contributed by atoms with Gasteiger partial charge in [0.05, 0.1) is 0 Å². The van der Waals surface area contributed by atoms with E-state index in [1.165, 1.54) is 17.6 Å². The summed E-state index contributed by atoms with van der Waals surface area (Å²) in [5, 5.41) is 0. The molecule has 0 aromatic heterocycles. The van der Waals surface area contributed by atoms with Crippen molar-refractivity contribution in [3.8, 4) is 0 Å². The first-order valence-corrected chi connectivity index (χ1v) is 6.14. The lowest BCUT2D eigenvalue weighted by molar-refractivity contribution is 0.488. The molecule has 15 heavy (non-hydrogen) atoms. The van der Waals surface area contributed by atoms with Crippen LogP contribution in [0.15, 0.2) is 23.3 Å². The van der Waals surface area contributed by atoms with Gasteiger partial charge in [0.1, 0.15) is 0 Å². The van der Waals surface area contributed by atoms with E-state index >= 15 is 0 Å². The van der Waals surface area contributed by atoms with Crippen molar-refractivity contribution in [2.75, 3.05) is 0 Å². The molecule has 0 atom stereocenters. The Labute approximate surface area is 96.5 Å². The van der Waals surface area contributed by atoms with E-state index in [-0.39, 0.29) is 0 Å². The van der Waals surface area contributed by atoms with Crippen LogP contribution in [0.4, 0.5) is 0 Å². The van der Waals surface area contributed by atoms with Gasteiger partial charge in [0.25, 0.3) is 0 Å². The van der Waals surface area contributed by atoms with E-state index < -0.39 is 0 Å². The van der Waals surface area contributed by atoms with Crippen LogP contribution >= 0.6 is 0 Å². The van der Waals surface area contributed by atoms with Crippen LogP contribution < -0.4 is 0 Å². The minimum absolute atomic E-state index is 0.309. The van der Waals surface area contributed by atoms with Gasteiger partial charge in [-0.25, -0.2) is 0 Å². The first-order chi connectivity index (χ1) is 6.77. The molecule has 0 unspecified atom stereocenters. The molecule has 0 N–H and O–H groups in total. The highest BCUT2D eigenvalue weighted by Gasteiger charge is 2.13. The second-order valence-electron chi connectivity index (χ2n) is 5.91. The normalized spacial score (nSPS) is 14.9. The molecule has 0 aromatic carbocycles. The molecule has 0 nitrogen and oxygen atoms in total. The molecule has 0 spiro atoms. The van der Waals surface area contributed by atoms with Crippen molar-refractivity contribution in [3.63, 3.8) is 0 Å². The molecule has 0 rings (SSSR count). The quantitative estimate of drug-likeness (QED) is 0.545. The SMILES string of the molecule is CC/C(=C/C=C(/C)CC(C)C)C(C)(C)C. The molecule has 0 fully saturated rings. The van der Waals surface area contributed by atoms with Gasteiger partial charge in [-0.3, -0.25) is 0 Å². The topological polar surface area (TPSA) is 0 Å². The summed E-state index contributed by atoms with van der Waals surface area (Å²) in [6.45, 7) is 15.9. The Balaban J connectivity index is 4.59. The molecule has 0 saturated heterocycles. The second-order valence-corrected chi connectivity index (χ2v) is 5.91. The van der Waals surface area contributed by atoms with Crippen LogP contribution in [0.1, 0.15) is 61.3 Å². The standard InChI is InChI=1S/C15H28/c1-8-14(15(5,6)7)10-9-13(4)11-12(2)3/h9-10,12H,8,11H2,1-7H3/b13-9-,14-10-. The molecule has 0 bridgehead atoms. The van der Waals surface area contributed by atoms with Gasteiger partial charge in [0.2, 0.25) is 0 Å². The van der Waals surface area contributed by atoms with Crippen molar-refractivity contribution < 1.29 is 0 Å². The molecular weight excluding hydrogens is 180 g/mol. The zero-order valence-corrected chi connectivity index (χ0v) is 11.6. The van der Waals surface area contributed by atoms with Gasteiger partial charge in [0, 0.05) is 0 Å². The highest BCUT2D eigenvalue weighted by atomic mass is 14.2. The average molecular weight is 208 g/mol. The Hall–Kier alpha value is -0.520.